The molecular formula is C16H15BrF4. The van der Waals surface area contributed by atoms with Crippen molar-refractivity contribution < 1.29 is 17.6 Å². The van der Waals surface area contributed by atoms with Crippen molar-refractivity contribution in [3.05, 3.63) is 52.6 Å². The first-order chi connectivity index (χ1) is 9.64. The van der Waals surface area contributed by atoms with Crippen LogP contribution in [0.2, 0.25) is 0 Å². The summed E-state index contributed by atoms with van der Waals surface area (Å²) in [6.45, 7) is 3.55. The molecule has 0 spiro atoms. The number of hydrogen-bond donors (Lipinski definition) is 0. The highest BCUT2D eigenvalue weighted by molar-refractivity contribution is 9.10. The first-order valence-electron chi connectivity index (χ1n) is 6.52. The van der Waals surface area contributed by atoms with Crippen LogP contribution in [0.3, 0.4) is 0 Å². The Morgan fingerprint density at radius 2 is 1.43 bits per heavy atom. The molecule has 0 bridgehead atoms. The molecule has 1 aliphatic rings. The zero-order chi connectivity index (χ0) is 15.8. The maximum atomic E-state index is 14.2. The summed E-state index contributed by atoms with van der Waals surface area (Å²) in [6.07, 6.45) is 0.133. The topological polar surface area (TPSA) is 0 Å². The molecule has 0 saturated heterocycles. The lowest BCUT2D eigenvalue weighted by atomic mass is 9.81. The summed E-state index contributed by atoms with van der Waals surface area (Å²) >= 11 is 1.84. The molecule has 0 unspecified atom stereocenters. The number of benzene rings is 1. The lowest BCUT2D eigenvalue weighted by molar-refractivity contribution is -0.120. The Morgan fingerprint density at radius 3 is 1.95 bits per heavy atom. The van der Waals surface area contributed by atoms with Crippen molar-refractivity contribution in [2.45, 2.75) is 37.4 Å². The van der Waals surface area contributed by atoms with E-state index in [2.05, 4.69) is 0 Å². The van der Waals surface area contributed by atoms with Crippen molar-refractivity contribution in [3.63, 3.8) is 0 Å². The van der Waals surface area contributed by atoms with Crippen molar-refractivity contribution >= 4 is 21.5 Å². The van der Waals surface area contributed by atoms with Crippen LogP contribution in [0, 0.1) is 0 Å². The summed E-state index contributed by atoms with van der Waals surface area (Å²) in [5.74, 6) is -4.22. The Bertz CT molecular complexity index is 594. The van der Waals surface area contributed by atoms with Crippen LogP contribution in [0.4, 0.5) is 17.6 Å². The summed E-state index contributed by atoms with van der Waals surface area (Å²) in [4.78, 5) is -4.26. The predicted octanol–water partition coefficient (Wildman–Crippen LogP) is 6.19. The van der Waals surface area contributed by atoms with E-state index in [0.29, 0.717) is 11.1 Å². The molecule has 0 aliphatic heterocycles. The minimum atomic E-state index is -4.26. The van der Waals surface area contributed by atoms with Crippen molar-refractivity contribution in [3.8, 4) is 0 Å². The van der Waals surface area contributed by atoms with Gasteiger partial charge < -0.3 is 0 Å². The molecule has 1 aromatic carbocycles. The number of alkyl halides is 5. The van der Waals surface area contributed by atoms with E-state index in [0.717, 1.165) is 11.1 Å². The highest BCUT2D eigenvalue weighted by Gasteiger charge is 2.57. The number of rotatable bonds is 3. The van der Waals surface area contributed by atoms with Gasteiger partial charge in [0.25, 0.3) is 0 Å². The smallest absolute Gasteiger partial charge is 0.194 e. The molecular weight excluding hydrogens is 348 g/mol. The van der Waals surface area contributed by atoms with E-state index in [9.17, 15) is 17.6 Å². The molecule has 0 amide bonds. The zero-order valence-electron chi connectivity index (χ0n) is 11.7. The first kappa shape index (κ1) is 16.3. The van der Waals surface area contributed by atoms with Gasteiger partial charge in [-0.15, -0.1) is 0 Å². The normalized spacial score (nSPS) is 17.5. The summed E-state index contributed by atoms with van der Waals surface area (Å²) in [5.41, 5.74) is 2.03. The van der Waals surface area contributed by atoms with E-state index < -0.39 is 16.3 Å². The van der Waals surface area contributed by atoms with Crippen LogP contribution in [-0.2, 0) is 0 Å². The van der Waals surface area contributed by atoms with Crippen molar-refractivity contribution in [2.75, 3.05) is 0 Å². The van der Waals surface area contributed by atoms with Gasteiger partial charge in [0, 0.05) is 5.57 Å². The van der Waals surface area contributed by atoms with Gasteiger partial charge in [-0.05, 0) is 53.8 Å². The molecule has 5 heteroatoms. The Hall–Kier alpha value is -1.10. The van der Waals surface area contributed by atoms with Crippen LogP contribution in [0.1, 0.15) is 32.3 Å². The van der Waals surface area contributed by atoms with E-state index in [-0.39, 0.29) is 12.8 Å². The maximum Gasteiger partial charge on any atom is 0.367 e. The molecule has 0 N–H and O–H groups in total. The van der Waals surface area contributed by atoms with Crippen molar-refractivity contribution in [1.29, 1.82) is 0 Å². The lowest BCUT2D eigenvalue weighted by Crippen LogP contribution is -2.38. The van der Waals surface area contributed by atoms with Crippen LogP contribution in [0.15, 0.2) is 47.1 Å². The number of allylic oxidation sites excluding steroid dienone is 4. The highest BCUT2D eigenvalue weighted by Crippen LogP contribution is 2.51. The molecule has 21 heavy (non-hydrogen) atoms. The third-order valence-corrected chi connectivity index (χ3v) is 4.33. The summed E-state index contributed by atoms with van der Waals surface area (Å²) in [7, 11) is 0. The molecule has 0 fully saturated rings. The van der Waals surface area contributed by atoms with Crippen LogP contribution in [0.5, 0.6) is 0 Å². The summed E-state index contributed by atoms with van der Waals surface area (Å²) < 4.78 is 55.0. The molecule has 0 nitrogen and oxygen atoms in total. The minimum absolute atomic E-state index is 0.135. The standard InChI is InChI=1S/C16H15BrF4/c1-10-8-13(12-6-4-3-5-7-12)14(9-11(10)2)15(18,19)16(17,20)21/h3-7H,8-9H2,1-2H3. The number of halogens is 5. The fraction of sp³-hybridized carbons (Fsp3) is 0.375. The summed E-state index contributed by atoms with van der Waals surface area (Å²) in [5, 5.41) is 0. The molecule has 1 aromatic rings. The molecule has 0 radical (unpaired) electrons. The first-order valence-corrected chi connectivity index (χ1v) is 7.31. The average Bonchev–Trinajstić information content (AvgIpc) is 2.41. The van der Waals surface area contributed by atoms with Crippen LogP contribution < -0.4 is 0 Å². The SMILES string of the molecule is CC1=C(C)CC(C(F)(F)C(F)(F)Br)=C(c2ccccc2)C1. The van der Waals surface area contributed by atoms with Gasteiger partial charge in [0.2, 0.25) is 0 Å². The van der Waals surface area contributed by atoms with E-state index >= 15 is 0 Å². The molecule has 0 atom stereocenters. The molecule has 0 saturated carbocycles. The quantitative estimate of drug-likeness (QED) is 0.341. The molecule has 0 heterocycles. The third kappa shape index (κ3) is 3.07. The fourth-order valence-electron chi connectivity index (χ4n) is 2.43. The highest BCUT2D eigenvalue weighted by atomic mass is 79.9. The third-order valence-electron chi connectivity index (χ3n) is 3.83. The van der Waals surface area contributed by atoms with E-state index in [1.54, 1.807) is 37.3 Å². The maximum absolute atomic E-state index is 14.2. The average molecular weight is 363 g/mol. The van der Waals surface area contributed by atoms with Gasteiger partial charge >= 0.3 is 10.8 Å². The minimum Gasteiger partial charge on any atom is -0.194 e. The Labute approximate surface area is 129 Å². The monoisotopic (exact) mass is 362 g/mol. The summed E-state index contributed by atoms with van der Waals surface area (Å²) in [6, 6.07) is 8.53. The van der Waals surface area contributed by atoms with Gasteiger partial charge in [-0.2, -0.15) is 17.6 Å². The van der Waals surface area contributed by atoms with Crippen LogP contribution >= 0.6 is 15.9 Å². The van der Waals surface area contributed by atoms with E-state index in [1.807, 2.05) is 22.9 Å². The predicted molar refractivity (Wildman–Crippen MR) is 79.8 cm³/mol. The van der Waals surface area contributed by atoms with Gasteiger partial charge in [-0.3, -0.25) is 0 Å². The molecule has 2 rings (SSSR count). The van der Waals surface area contributed by atoms with E-state index in [4.69, 9.17) is 0 Å². The second-order valence-corrected chi connectivity index (χ2v) is 6.31. The zero-order valence-corrected chi connectivity index (χ0v) is 13.3. The van der Waals surface area contributed by atoms with Gasteiger partial charge in [0.1, 0.15) is 0 Å². The Kier molecular flexibility index (Phi) is 4.34. The van der Waals surface area contributed by atoms with Gasteiger partial charge in [0.15, 0.2) is 0 Å². The van der Waals surface area contributed by atoms with Crippen molar-refractivity contribution in [1.82, 2.24) is 0 Å². The molecule has 0 aromatic heterocycles. The van der Waals surface area contributed by atoms with Gasteiger partial charge in [-0.1, -0.05) is 41.5 Å². The fourth-order valence-corrected chi connectivity index (χ4v) is 2.67. The van der Waals surface area contributed by atoms with E-state index in [1.165, 1.54) is 0 Å². The second-order valence-electron chi connectivity index (χ2n) is 5.31. The molecule has 114 valence electrons. The van der Waals surface area contributed by atoms with Crippen molar-refractivity contribution in [2.24, 2.45) is 0 Å². The van der Waals surface area contributed by atoms with Crippen LogP contribution in [0.25, 0.3) is 5.57 Å². The largest absolute Gasteiger partial charge is 0.367 e. The lowest BCUT2D eigenvalue weighted by Gasteiger charge is -2.31. The second kappa shape index (κ2) is 5.59. The Balaban J connectivity index is 2.60. The Morgan fingerprint density at radius 1 is 0.905 bits per heavy atom. The van der Waals surface area contributed by atoms with Gasteiger partial charge in [0.05, 0.1) is 0 Å². The van der Waals surface area contributed by atoms with Gasteiger partial charge in [-0.25, -0.2) is 0 Å². The van der Waals surface area contributed by atoms with Crippen LogP contribution in [-0.4, -0.2) is 10.8 Å². The number of hydrogen-bond acceptors (Lipinski definition) is 0. The molecule has 1 aliphatic carbocycles.